The Kier molecular flexibility index (Phi) is 10.0. The predicted molar refractivity (Wildman–Crippen MR) is 57.8 cm³/mol. The maximum absolute atomic E-state index is 10.9. The van der Waals surface area contributed by atoms with Crippen LogP contribution in [0.3, 0.4) is 0 Å². The van der Waals surface area contributed by atoms with Gasteiger partial charge in [-0.1, -0.05) is 6.92 Å². The number of allylic oxidation sites excluding steroid dienone is 3. The number of carbonyl (C=O) groups excluding carboxylic acids is 4. The molecule has 16 heavy (non-hydrogen) atoms. The molecule has 0 aromatic rings. The molecule has 86 valence electrons. The van der Waals surface area contributed by atoms with Crippen LogP contribution in [0.2, 0.25) is 0 Å². The van der Waals surface area contributed by atoms with Crippen molar-refractivity contribution in [1.29, 1.82) is 0 Å². The van der Waals surface area contributed by atoms with Crippen LogP contribution in [0.25, 0.3) is 0 Å². The average Bonchev–Trinajstić information content (AvgIpc) is 2.29. The normalized spacial score (nSPS) is 11.3. The molecule has 0 saturated carbocycles. The molecule has 4 nitrogen and oxygen atoms in total. The van der Waals surface area contributed by atoms with Crippen LogP contribution in [0.1, 0.15) is 6.92 Å². The second kappa shape index (κ2) is 9.24. The summed E-state index contributed by atoms with van der Waals surface area (Å²) in [4.78, 5) is 41.7. The summed E-state index contributed by atoms with van der Waals surface area (Å²) in [6.45, 7) is -0.862. The van der Waals surface area contributed by atoms with Gasteiger partial charge in [0.25, 0.3) is 0 Å². The quantitative estimate of drug-likeness (QED) is 0.375. The van der Waals surface area contributed by atoms with E-state index in [1.165, 1.54) is 11.9 Å². The van der Waals surface area contributed by atoms with Gasteiger partial charge < -0.3 is 0 Å². The summed E-state index contributed by atoms with van der Waals surface area (Å²) in [5.74, 6) is 4.50. The molecule has 0 aromatic heterocycles. The summed E-state index contributed by atoms with van der Waals surface area (Å²) in [6, 6.07) is 0. The zero-order valence-corrected chi connectivity index (χ0v) is 11.9. The Balaban J connectivity index is 0. The van der Waals surface area contributed by atoms with Crippen molar-refractivity contribution in [1.82, 2.24) is 0 Å². The molecule has 6 heteroatoms. The van der Waals surface area contributed by atoms with E-state index >= 15 is 0 Å². The first-order chi connectivity index (χ1) is 7.20. The van der Waals surface area contributed by atoms with Crippen molar-refractivity contribution >= 4 is 30.4 Å². The Morgan fingerprint density at radius 2 is 1.81 bits per heavy atom. The first-order valence-corrected chi connectivity index (χ1v) is 6.29. The molecule has 0 spiro atoms. The van der Waals surface area contributed by atoms with Crippen LogP contribution >= 0.6 is 6.89 Å². The molecule has 0 rings (SSSR count). The molecule has 0 aromatic carbocycles. The van der Waals surface area contributed by atoms with Gasteiger partial charge in [-0.15, -0.1) is 0 Å². The third-order valence-corrected chi connectivity index (χ3v) is 5.34. The third kappa shape index (κ3) is 4.24. The minimum atomic E-state index is -2.55. The van der Waals surface area contributed by atoms with Crippen LogP contribution in [-0.2, 0) is 39.0 Å². The van der Waals surface area contributed by atoms with Crippen molar-refractivity contribution in [3.8, 4) is 0 Å². The second-order valence-electron chi connectivity index (χ2n) is 2.63. The molecule has 0 aliphatic heterocycles. The van der Waals surface area contributed by atoms with Crippen LogP contribution < -0.4 is 0 Å². The van der Waals surface area contributed by atoms with E-state index in [1.54, 1.807) is 18.5 Å². The first-order valence-electron chi connectivity index (χ1n) is 4.13. The molecule has 0 aliphatic rings. The zero-order valence-electron chi connectivity index (χ0n) is 8.50. The largest absolute Gasteiger partial charge is 0.234 e. The molecule has 0 heterocycles. The van der Waals surface area contributed by atoms with Gasteiger partial charge in [0, 0.05) is 45.0 Å². The van der Waals surface area contributed by atoms with Crippen molar-refractivity contribution in [3.05, 3.63) is 17.5 Å². The van der Waals surface area contributed by atoms with E-state index in [2.05, 4.69) is 0 Å². The zero-order chi connectivity index (χ0) is 11.7. The third-order valence-electron chi connectivity index (χ3n) is 1.96. The fraction of sp³-hybridized carbons (Fsp3) is 0.300. The minimum absolute atomic E-state index is 0. The van der Waals surface area contributed by atoms with Crippen LogP contribution in [0.5, 0.6) is 0 Å². The van der Waals surface area contributed by atoms with E-state index in [9.17, 15) is 19.2 Å². The Labute approximate surface area is 106 Å². The maximum Gasteiger partial charge on any atom is 0.134 e. The van der Waals surface area contributed by atoms with E-state index in [4.69, 9.17) is 0 Å². The summed E-state index contributed by atoms with van der Waals surface area (Å²) < 4.78 is 0. The first kappa shape index (κ1) is 17.4. The van der Waals surface area contributed by atoms with Crippen LogP contribution in [0.15, 0.2) is 17.5 Å². The van der Waals surface area contributed by atoms with E-state index in [0.29, 0.717) is 6.16 Å². The van der Waals surface area contributed by atoms with Gasteiger partial charge in [-0.25, -0.2) is 19.2 Å². The van der Waals surface area contributed by atoms with Gasteiger partial charge in [-0.2, -0.15) is 0 Å². The van der Waals surface area contributed by atoms with Gasteiger partial charge >= 0.3 is 0 Å². The van der Waals surface area contributed by atoms with Gasteiger partial charge in [0.2, 0.25) is 0 Å². The van der Waals surface area contributed by atoms with Gasteiger partial charge in [-0.05, 0) is 6.16 Å². The van der Waals surface area contributed by atoms with Crippen molar-refractivity contribution in [2.45, 2.75) is 6.92 Å². The summed E-state index contributed by atoms with van der Waals surface area (Å²) in [7, 11) is 0. The smallest absolute Gasteiger partial charge is 0.134 e. The topological polar surface area (TPSA) is 68.3 Å². The molecule has 0 amide bonds. The second-order valence-corrected chi connectivity index (χ2v) is 6.23. The Bertz CT molecular complexity index is 457. The van der Waals surface area contributed by atoms with Crippen LogP contribution in [0, 0.1) is 0 Å². The Morgan fingerprint density at radius 1 is 1.19 bits per heavy atom. The van der Waals surface area contributed by atoms with E-state index in [1.807, 2.05) is 0 Å². The SMILES string of the molecule is CCP(=C=O)(CC=C=O)C(=C=O)C=C=O.[Os]. The molecule has 1 unspecified atom stereocenters. The van der Waals surface area contributed by atoms with Crippen molar-refractivity contribution in [2.75, 3.05) is 12.3 Å². The molecule has 0 radical (unpaired) electrons. The predicted octanol–water partition coefficient (Wildman–Crippen LogP) is 0.580. The fourth-order valence-electron chi connectivity index (χ4n) is 1.04. The molecule has 0 saturated heterocycles. The number of hydrogen-bond acceptors (Lipinski definition) is 4. The van der Waals surface area contributed by atoms with Crippen LogP contribution in [0.4, 0.5) is 0 Å². The standard InChI is InChI=1S/C10H9O4P.Os/c1-2-15(9-14,7-3-5-11)10(8-13)4-6-12;/h3-4H,2,7H2,1H3;. The van der Waals surface area contributed by atoms with Crippen molar-refractivity contribution < 1.29 is 39.0 Å². The van der Waals surface area contributed by atoms with Gasteiger partial charge in [0.15, 0.2) is 0 Å². The number of rotatable bonds is 5. The molecular formula is C10H9O4OsP. The molecule has 0 fully saturated rings. The molecule has 0 bridgehead atoms. The van der Waals surface area contributed by atoms with Gasteiger partial charge in [-0.3, -0.25) is 0 Å². The van der Waals surface area contributed by atoms with Crippen molar-refractivity contribution in [2.24, 2.45) is 0 Å². The van der Waals surface area contributed by atoms with E-state index < -0.39 is 6.89 Å². The molecular weight excluding hydrogens is 405 g/mol. The average molecular weight is 414 g/mol. The number of hydrogen-bond donors (Lipinski definition) is 0. The Morgan fingerprint density at radius 3 is 2.12 bits per heavy atom. The van der Waals surface area contributed by atoms with E-state index in [0.717, 1.165) is 12.2 Å². The van der Waals surface area contributed by atoms with Crippen molar-refractivity contribution in [3.63, 3.8) is 0 Å². The molecule has 1 atom stereocenters. The monoisotopic (exact) mass is 416 g/mol. The van der Waals surface area contributed by atoms with Crippen LogP contribution in [-0.4, -0.2) is 35.8 Å². The fourth-order valence-corrected chi connectivity index (χ4v) is 3.00. The van der Waals surface area contributed by atoms with Gasteiger partial charge in [0.1, 0.15) is 23.5 Å². The maximum atomic E-state index is 10.9. The minimum Gasteiger partial charge on any atom is -0.234 e. The molecule has 0 N–H and O–H groups in total. The summed E-state index contributed by atoms with van der Waals surface area (Å²) >= 11 is 0. The summed E-state index contributed by atoms with van der Waals surface area (Å²) in [6.07, 6.45) is 2.43. The van der Waals surface area contributed by atoms with E-state index in [-0.39, 0.29) is 31.3 Å². The molecule has 0 aliphatic carbocycles. The summed E-state index contributed by atoms with van der Waals surface area (Å²) in [5.41, 5.74) is 1.78. The summed E-state index contributed by atoms with van der Waals surface area (Å²) in [5, 5.41) is -0.0403. The Hall–Kier alpha value is -1.00. The van der Waals surface area contributed by atoms with Gasteiger partial charge in [0.05, 0.1) is 5.31 Å².